The molecule has 0 spiro atoms. The average Bonchev–Trinajstić information content (AvgIpc) is 3.19. The van der Waals surface area contributed by atoms with Gasteiger partial charge in [-0.1, -0.05) is 0 Å². The summed E-state index contributed by atoms with van der Waals surface area (Å²) < 4.78 is 116. The molecule has 0 aliphatic carbocycles. The van der Waals surface area contributed by atoms with Gasteiger partial charge in [0.05, 0.1) is 40.0 Å². The largest absolute Gasteiger partial charge is 0.378 e. The highest BCUT2D eigenvalue weighted by atomic mass is 19.4. The minimum absolute atomic E-state index is 0.745. The van der Waals surface area contributed by atoms with E-state index < -0.39 is 49.6 Å². The van der Waals surface area contributed by atoms with Crippen molar-refractivity contribution in [1.82, 2.24) is 9.13 Å². The van der Waals surface area contributed by atoms with E-state index in [-0.39, 0.29) is 0 Å². The number of rotatable bonds is 9. The molecule has 0 aliphatic heterocycles. The van der Waals surface area contributed by atoms with Crippen LogP contribution in [0.1, 0.15) is 12.8 Å². The Labute approximate surface area is 155 Å². The number of nitrogens with zero attached hydrogens (tertiary/aromatic N) is 4. The normalized spacial score (nSPS) is 13.9. The summed E-state index contributed by atoms with van der Waals surface area (Å²) in [5, 5.41) is 0. The summed E-state index contributed by atoms with van der Waals surface area (Å²) in [6.07, 6.45) is 4.42. The molecular formula is C16H20F8N4+2. The van der Waals surface area contributed by atoms with E-state index in [1.54, 1.807) is 0 Å². The molecule has 0 bridgehead atoms. The Hall–Kier alpha value is -2.14. The molecule has 0 unspecified atom stereocenters. The SMILES string of the molecule is C[n+]1ccn(CCC(F)(F)C(F)(F)C(F)(F)C(F)(F)CCn2cc[n+](C)c2)c1. The van der Waals surface area contributed by atoms with Gasteiger partial charge in [-0.25, -0.2) is 18.3 Å². The molecule has 0 aliphatic rings. The number of halogens is 8. The standard InChI is InChI=1S/C16H20F8N4/c1-25-7-9-27(11-25)5-3-13(17,18)15(21,22)16(23,24)14(19,20)4-6-28-10-8-26(2)12-28/h7-12H,3-6H2,1-2H3/q+2. The number of aryl methyl sites for hydroxylation is 4. The molecule has 0 fully saturated rings. The first-order valence-electron chi connectivity index (χ1n) is 8.23. The molecular weight excluding hydrogens is 400 g/mol. The van der Waals surface area contributed by atoms with Crippen LogP contribution in [0.15, 0.2) is 37.4 Å². The molecule has 2 aromatic rings. The second-order valence-electron chi connectivity index (χ2n) is 6.69. The van der Waals surface area contributed by atoms with Gasteiger partial charge in [-0.15, -0.1) is 0 Å². The first-order chi connectivity index (χ1) is 12.7. The molecule has 0 aromatic carbocycles. The van der Waals surface area contributed by atoms with Crippen molar-refractivity contribution < 1.29 is 44.3 Å². The van der Waals surface area contributed by atoms with Gasteiger partial charge in [-0.05, 0) is 0 Å². The number of imidazole rings is 2. The predicted octanol–water partition coefficient (Wildman–Crippen LogP) is 2.96. The zero-order valence-corrected chi connectivity index (χ0v) is 15.1. The molecule has 28 heavy (non-hydrogen) atoms. The topological polar surface area (TPSA) is 17.6 Å². The van der Waals surface area contributed by atoms with Crippen LogP contribution in [0.25, 0.3) is 0 Å². The number of hydrogen-bond donors (Lipinski definition) is 0. The molecule has 0 amide bonds. The second kappa shape index (κ2) is 7.36. The van der Waals surface area contributed by atoms with E-state index in [4.69, 9.17) is 0 Å². The quantitative estimate of drug-likeness (QED) is 0.439. The highest BCUT2D eigenvalue weighted by molar-refractivity contribution is 5.03. The molecule has 0 atom stereocenters. The van der Waals surface area contributed by atoms with Crippen molar-refractivity contribution in [1.29, 1.82) is 0 Å². The van der Waals surface area contributed by atoms with E-state index in [0.717, 1.165) is 9.13 Å². The molecule has 0 saturated carbocycles. The molecule has 4 nitrogen and oxygen atoms in total. The fraction of sp³-hybridized carbons (Fsp3) is 0.625. The lowest BCUT2D eigenvalue weighted by molar-refractivity contribution is -0.671. The number of hydrogen-bond acceptors (Lipinski definition) is 0. The summed E-state index contributed by atoms with van der Waals surface area (Å²) in [4.78, 5) is 0. The Morgan fingerprint density at radius 1 is 0.643 bits per heavy atom. The molecule has 2 rings (SSSR count). The third kappa shape index (κ3) is 4.14. The predicted molar refractivity (Wildman–Crippen MR) is 80.2 cm³/mol. The molecule has 0 radical (unpaired) electrons. The van der Waals surface area contributed by atoms with E-state index in [0.29, 0.717) is 0 Å². The van der Waals surface area contributed by atoms with Gasteiger partial charge in [0.25, 0.3) is 0 Å². The molecule has 2 heterocycles. The van der Waals surface area contributed by atoms with E-state index in [2.05, 4.69) is 0 Å². The Kier molecular flexibility index (Phi) is 5.82. The molecule has 2 aromatic heterocycles. The van der Waals surface area contributed by atoms with Crippen molar-refractivity contribution in [2.45, 2.75) is 49.6 Å². The van der Waals surface area contributed by atoms with Gasteiger partial charge in [-0.2, -0.15) is 35.1 Å². The average molecular weight is 420 g/mol. The summed E-state index contributed by atoms with van der Waals surface area (Å²) in [6, 6.07) is 0. The maximum atomic E-state index is 13.9. The van der Waals surface area contributed by atoms with E-state index in [9.17, 15) is 35.1 Å². The Morgan fingerprint density at radius 3 is 1.21 bits per heavy atom. The lowest BCUT2D eigenvalue weighted by atomic mass is 9.94. The van der Waals surface area contributed by atoms with Gasteiger partial charge >= 0.3 is 23.7 Å². The van der Waals surface area contributed by atoms with E-state index in [1.165, 1.54) is 60.7 Å². The van der Waals surface area contributed by atoms with Crippen molar-refractivity contribution >= 4 is 0 Å². The summed E-state index contributed by atoms with van der Waals surface area (Å²) >= 11 is 0. The van der Waals surface area contributed by atoms with Crippen LogP contribution in [0.4, 0.5) is 35.1 Å². The van der Waals surface area contributed by atoms with Crippen LogP contribution in [-0.2, 0) is 27.2 Å². The second-order valence-corrected chi connectivity index (χ2v) is 6.69. The summed E-state index contributed by atoms with van der Waals surface area (Å²) in [6.45, 7) is -1.49. The van der Waals surface area contributed by atoms with Gasteiger partial charge in [0, 0.05) is 0 Å². The van der Waals surface area contributed by atoms with Crippen LogP contribution in [0.2, 0.25) is 0 Å². The fourth-order valence-corrected chi connectivity index (χ4v) is 2.58. The van der Waals surface area contributed by atoms with Crippen LogP contribution >= 0.6 is 0 Å². The van der Waals surface area contributed by atoms with E-state index in [1.807, 2.05) is 0 Å². The first kappa shape index (κ1) is 22.2. The van der Waals surface area contributed by atoms with Crippen molar-refractivity contribution in [3.63, 3.8) is 0 Å². The van der Waals surface area contributed by atoms with Crippen LogP contribution in [0, 0.1) is 0 Å². The zero-order valence-electron chi connectivity index (χ0n) is 15.1. The van der Waals surface area contributed by atoms with Gasteiger partial charge in [0.15, 0.2) is 0 Å². The monoisotopic (exact) mass is 420 g/mol. The van der Waals surface area contributed by atoms with Gasteiger partial charge < -0.3 is 0 Å². The number of alkyl halides is 8. The number of aromatic nitrogens is 4. The minimum atomic E-state index is -6.24. The lowest BCUT2D eigenvalue weighted by Gasteiger charge is -2.36. The summed E-state index contributed by atoms with van der Waals surface area (Å²) in [5.41, 5.74) is 0. The minimum Gasteiger partial charge on any atom is -0.240 e. The first-order valence-corrected chi connectivity index (χ1v) is 8.23. The van der Waals surface area contributed by atoms with Crippen molar-refractivity contribution in [2.75, 3.05) is 0 Å². The van der Waals surface area contributed by atoms with Crippen LogP contribution in [0.5, 0.6) is 0 Å². The third-order valence-corrected chi connectivity index (χ3v) is 4.33. The molecule has 0 saturated heterocycles. The highest BCUT2D eigenvalue weighted by Crippen LogP contribution is 2.54. The fourth-order valence-electron chi connectivity index (χ4n) is 2.58. The molecule has 0 N–H and O–H groups in total. The molecule has 12 heteroatoms. The molecule has 158 valence electrons. The van der Waals surface area contributed by atoms with Gasteiger partial charge in [0.1, 0.15) is 24.8 Å². The third-order valence-electron chi connectivity index (χ3n) is 4.33. The van der Waals surface area contributed by atoms with Crippen LogP contribution < -0.4 is 9.13 Å². The summed E-state index contributed by atoms with van der Waals surface area (Å²) in [7, 11) is 3.06. The smallest absolute Gasteiger partial charge is 0.240 e. The van der Waals surface area contributed by atoms with E-state index >= 15 is 0 Å². The Bertz CT molecular complexity index is 730. The van der Waals surface area contributed by atoms with Crippen LogP contribution in [-0.4, -0.2) is 32.8 Å². The Morgan fingerprint density at radius 2 is 0.964 bits per heavy atom. The van der Waals surface area contributed by atoms with Gasteiger partial charge in [-0.3, -0.25) is 0 Å². The maximum absolute atomic E-state index is 13.9. The lowest BCUT2D eigenvalue weighted by Crippen LogP contribution is -2.62. The van der Waals surface area contributed by atoms with Crippen molar-refractivity contribution in [3.8, 4) is 0 Å². The summed E-state index contributed by atoms with van der Waals surface area (Å²) in [5.74, 6) is -23.2. The Balaban J connectivity index is 2.13. The van der Waals surface area contributed by atoms with Crippen LogP contribution in [0.3, 0.4) is 0 Å². The van der Waals surface area contributed by atoms with Crippen molar-refractivity contribution in [2.24, 2.45) is 14.1 Å². The zero-order chi connectivity index (χ0) is 21.4. The van der Waals surface area contributed by atoms with Crippen molar-refractivity contribution in [3.05, 3.63) is 37.4 Å². The van der Waals surface area contributed by atoms with Gasteiger partial charge in [0.2, 0.25) is 12.7 Å². The maximum Gasteiger partial charge on any atom is 0.378 e. The highest BCUT2D eigenvalue weighted by Gasteiger charge is 2.79.